The van der Waals surface area contributed by atoms with E-state index in [2.05, 4.69) is 16.1 Å². The van der Waals surface area contributed by atoms with E-state index in [0.29, 0.717) is 6.08 Å². The molecule has 0 saturated carbocycles. The second kappa shape index (κ2) is 9.38. The molecular formula is C14H13F13O4. The van der Waals surface area contributed by atoms with Crippen molar-refractivity contribution in [2.75, 3.05) is 19.8 Å². The predicted molar refractivity (Wildman–Crippen MR) is 73.4 cm³/mol. The van der Waals surface area contributed by atoms with Crippen molar-refractivity contribution in [3.63, 3.8) is 0 Å². The Balaban J connectivity index is 5.40. The summed E-state index contributed by atoms with van der Waals surface area (Å²) in [6.45, 7) is 0.389. The Morgan fingerprint density at radius 2 is 1.26 bits per heavy atom. The SMILES string of the molecule is C=CC(=O)OCCOCC(O)CC(F)(F)C(F)(F)C(F)(F)C(F)(F)C(F)(F)C(F)(F)F. The zero-order chi connectivity index (χ0) is 25.1. The first kappa shape index (κ1) is 29.2. The topological polar surface area (TPSA) is 55.8 Å². The van der Waals surface area contributed by atoms with Crippen LogP contribution in [0.4, 0.5) is 57.1 Å². The number of halogens is 13. The minimum atomic E-state index is -8.00. The van der Waals surface area contributed by atoms with Crippen molar-refractivity contribution in [1.29, 1.82) is 0 Å². The summed E-state index contributed by atoms with van der Waals surface area (Å²) >= 11 is 0. The highest BCUT2D eigenvalue weighted by atomic mass is 19.4. The van der Waals surface area contributed by atoms with Gasteiger partial charge in [0.15, 0.2) is 0 Å². The van der Waals surface area contributed by atoms with Gasteiger partial charge in [0.1, 0.15) is 6.61 Å². The largest absolute Gasteiger partial charge is 0.460 e. The fourth-order valence-corrected chi connectivity index (χ4v) is 1.76. The number of aliphatic hydroxyl groups excluding tert-OH is 1. The Hall–Kier alpha value is -1.78. The summed E-state index contributed by atoms with van der Waals surface area (Å²) in [5.41, 5.74) is 0. The molecule has 0 aromatic heterocycles. The molecule has 0 aromatic rings. The van der Waals surface area contributed by atoms with Crippen LogP contribution >= 0.6 is 0 Å². The van der Waals surface area contributed by atoms with Crippen LogP contribution in [-0.4, -0.2) is 72.8 Å². The summed E-state index contributed by atoms with van der Waals surface area (Å²) in [6, 6.07) is 0. The third kappa shape index (κ3) is 5.72. The van der Waals surface area contributed by atoms with Gasteiger partial charge >= 0.3 is 41.8 Å². The number of alkyl halides is 13. The number of carbonyl (C=O) groups is 1. The first-order valence-electron chi connectivity index (χ1n) is 7.61. The van der Waals surface area contributed by atoms with Crippen LogP contribution in [0.2, 0.25) is 0 Å². The highest BCUT2D eigenvalue weighted by Gasteiger charge is 2.90. The summed E-state index contributed by atoms with van der Waals surface area (Å²) in [5, 5.41) is 9.14. The highest BCUT2D eigenvalue weighted by molar-refractivity contribution is 5.81. The summed E-state index contributed by atoms with van der Waals surface area (Å²) in [6.07, 6.45) is -12.4. The summed E-state index contributed by atoms with van der Waals surface area (Å²) in [5.74, 6) is -38.6. The Bertz CT molecular complexity index is 630. The van der Waals surface area contributed by atoms with E-state index < -0.39 is 74.1 Å². The quantitative estimate of drug-likeness (QED) is 0.192. The van der Waals surface area contributed by atoms with Crippen LogP contribution in [0.25, 0.3) is 0 Å². The third-order valence-corrected chi connectivity index (χ3v) is 3.44. The lowest BCUT2D eigenvalue weighted by atomic mass is 9.91. The fraction of sp³-hybridized carbons (Fsp3) is 0.786. The summed E-state index contributed by atoms with van der Waals surface area (Å²) in [4.78, 5) is 10.6. The molecule has 0 aromatic carbocycles. The van der Waals surface area contributed by atoms with E-state index in [1.807, 2.05) is 0 Å². The van der Waals surface area contributed by atoms with Gasteiger partial charge in [0.2, 0.25) is 0 Å². The molecule has 0 heterocycles. The van der Waals surface area contributed by atoms with Gasteiger partial charge in [-0.2, -0.15) is 57.1 Å². The van der Waals surface area contributed by atoms with Gasteiger partial charge in [-0.15, -0.1) is 0 Å². The van der Waals surface area contributed by atoms with Crippen molar-refractivity contribution >= 4 is 5.97 Å². The molecule has 17 heteroatoms. The first-order valence-corrected chi connectivity index (χ1v) is 7.61. The zero-order valence-electron chi connectivity index (χ0n) is 14.8. The van der Waals surface area contributed by atoms with Crippen molar-refractivity contribution in [1.82, 2.24) is 0 Å². The number of rotatable bonds is 12. The Morgan fingerprint density at radius 1 is 0.806 bits per heavy atom. The van der Waals surface area contributed by atoms with E-state index in [-0.39, 0.29) is 0 Å². The second-order valence-electron chi connectivity index (χ2n) is 5.80. The number of hydrogen-bond acceptors (Lipinski definition) is 4. The molecule has 0 aliphatic carbocycles. The van der Waals surface area contributed by atoms with E-state index >= 15 is 0 Å². The molecule has 0 bridgehead atoms. The Labute approximate surface area is 164 Å². The molecule has 184 valence electrons. The first-order chi connectivity index (χ1) is 13.6. The van der Waals surface area contributed by atoms with Gasteiger partial charge in [-0.05, 0) is 0 Å². The minimum Gasteiger partial charge on any atom is -0.460 e. The molecule has 1 unspecified atom stereocenters. The van der Waals surface area contributed by atoms with Gasteiger partial charge in [0, 0.05) is 12.5 Å². The number of carbonyl (C=O) groups excluding carboxylic acids is 1. The molecule has 1 N–H and O–H groups in total. The van der Waals surface area contributed by atoms with Crippen molar-refractivity contribution in [3.05, 3.63) is 12.7 Å². The molecule has 0 fully saturated rings. The van der Waals surface area contributed by atoms with Crippen molar-refractivity contribution < 1.29 is 76.5 Å². The smallest absolute Gasteiger partial charge is 0.460 e. The van der Waals surface area contributed by atoms with Crippen molar-refractivity contribution in [2.24, 2.45) is 0 Å². The maximum absolute atomic E-state index is 13.5. The van der Waals surface area contributed by atoms with Crippen molar-refractivity contribution in [2.45, 2.75) is 48.3 Å². The summed E-state index contributed by atoms with van der Waals surface area (Å²) in [7, 11) is 0. The molecule has 0 rings (SSSR count). The molecule has 0 aliphatic rings. The van der Waals surface area contributed by atoms with Crippen molar-refractivity contribution in [3.8, 4) is 0 Å². The van der Waals surface area contributed by atoms with Crippen LogP contribution in [0.1, 0.15) is 6.42 Å². The van der Waals surface area contributed by atoms with Gasteiger partial charge in [-0.1, -0.05) is 6.58 Å². The third-order valence-electron chi connectivity index (χ3n) is 3.44. The number of hydrogen-bond donors (Lipinski definition) is 1. The van der Waals surface area contributed by atoms with Gasteiger partial charge in [-0.25, -0.2) is 4.79 Å². The van der Waals surface area contributed by atoms with E-state index in [1.165, 1.54) is 0 Å². The van der Waals surface area contributed by atoms with Crippen LogP contribution < -0.4 is 0 Å². The maximum Gasteiger partial charge on any atom is 0.460 e. The van der Waals surface area contributed by atoms with Gasteiger partial charge in [-0.3, -0.25) is 0 Å². The van der Waals surface area contributed by atoms with E-state index in [9.17, 15) is 61.9 Å². The standard InChI is InChI=1S/C14H13F13O4/c1-2-8(29)31-4-3-30-6-7(28)5-9(15,16)10(17,18)11(19,20)12(21,22)13(23,24)14(25,26)27/h2,7,28H,1,3-6H2. The molecule has 0 amide bonds. The maximum atomic E-state index is 13.5. The van der Waals surface area contributed by atoms with Gasteiger partial charge in [0.25, 0.3) is 0 Å². The number of aliphatic hydroxyl groups is 1. The van der Waals surface area contributed by atoms with Gasteiger partial charge in [0.05, 0.1) is 19.3 Å². The molecule has 1 atom stereocenters. The molecule has 0 saturated heterocycles. The molecule has 0 aliphatic heterocycles. The predicted octanol–water partition coefficient (Wildman–Crippen LogP) is 4.22. The van der Waals surface area contributed by atoms with E-state index in [0.717, 1.165) is 0 Å². The van der Waals surface area contributed by atoms with Gasteiger partial charge < -0.3 is 14.6 Å². The lowest BCUT2D eigenvalue weighted by Crippen LogP contribution is -2.70. The Kier molecular flexibility index (Phi) is 8.84. The van der Waals surface area contributed by atoms with Crippen LogP contribution in [0.15, 0.2) is 12.7 Å². The molecule has 4 nitrogen and oxygen atoms in total. The minimum absolute atomic E-state index is 0.582. The van der Waals surface area contributed by atoms with E-state index in [4.69, 9.17) is 5.11 Å². The summed E-state index contributed by atoms with van der Waals surface area (Å²) < 4.78 is 176. The molecule has 0 spiro atoms. The molecular weight excluding hydrogens is 479 g/mol. The number of esters is 1. The van der Waals surface area contributed by atoms with Crippen LogP contribution in [-0.2, 0) is 14.3 Å². The lowest BCUT2D eigenvalue weighted by Gasteiger charge is -2.40. The monoisotopic (exact) mass is 492 g/mol. The highest BCUT2D eigenvalue weighted by Crippen LogP contribution is 2.60. The lowest BCUT2D eigenvalue weighted by molar-refractivity contribution is -0.440. The average molecular weight is 492 g/mol. The number of ether oxygens (including phenoxy) is 2. The van der Waals surface area contributed by atoms with Crippen LogP contribution in [0.3, 0.4) is 0 Å². The van der Waals surface area contributed by atoms with Crippen LogP contribution in [0.5, 0.6) is 0 Å². The zero-order valence-corrected chi connectivity index (χ0v) is 14.8. The molecule has 31 heavy (non-hydrogen) atoms. The van der Waals surface area contributed by atoms with Crippen LogP contribution in [0, 0.1) is 0 Å². The molecule has 0 radical (unpaired) electrons. The second-order valence-corrected chi connectivity index (χ2v) is 5.80. The normalized spacial score (nSPS) is 15.5. The average Bonchev–Trinajstić information content (AvgIpc) is 2.58. The Morgan fingerprint density at radius 3 is 1.68 bits per heavy atom. The van der Waals surface area contributed by atoms with E-state index in [1.54, 1.807) is 0 Å². The fourth-order valence-electron chi connectivity index (χ4n) is 1.76.